The van der Waals surface area contributed by atoms with Crippen LogP contribution in [0.3, 0.4) is 0 Å². The summed E-state index contributed by atoms with van der Waals surface area (Å²) in [5.74, 6) is 0. The second-order valence-electron chi connectivity index (χ2n) is 1.06. The number of hydrogen-bond acceptors (Lipinski definition) is 3. The third-order valence-corrected chi connectivity index (χ3v) is 0.471. The summed E-state index contributed by atoms with van der Waals surface area (Å²) in [4.78, 5) is 0. The number of aliphatic hydroxyl groups is 2. The van der Waals surface area contributed by atoms with E-state index in [0.29, 0.717) is 13.2 Å². The Morgan fingerprint density at radius 3 is 1.62 bits per heavy atom. The van der Waals surface area contributed by atoms with Crippen LogP contribution in [-0.4, -0.2) is 60.3 Å². The van der Waals surface area contributed by atoms with Gasteiger partial charge in [-0.2, -0.15) is 0 Å². The summed E-state index contributed by atoms with van der Waals surface area (Å²) in [6.07, 6.45) is 0. The van der Waals surface area contributed by atoms with Gasteiger partial charge in [0.25, 0.3) is 0 Å². The first-order valence-electron chi connectivity index (χ1n) is 2.21. The Bertz CT molecular complexity index is 30.5. The van der Waals surface area contributed by atoms with Crippen molar-refractivity contribution in [2.75, 3.05) is 26.4 Å². The van der Waals surface area contributed by atoms with Gasteiger partial charge in [-0.15, -0.1) is 0 Å². The van der Waals surface area contributed by atoms with E-state index in [1.54, 1.807) is 0 Å². The number of ether oxygens (including phenoxy) is 1. The molecule has 0 heterocycles. The van der Waals surface area contributed by atoms with E-state index in [1.165, 1.54) is 0 Å². The molecular formula is C4H12O3Te. The second kappa shape index (κ2) is 10.6. The van der Waals surface area contributed by atoms with E-state index in [0.717, 1.165) is 0 Å². The molecule has 0 aliphatic carbocycles. The molecule has 0 aromatic carbocycles. The molecule has 0 bridgehead atoms. The molecule has 0 rings (SSSR count). The Balaban J connectivity index is 0. The Kier molecular flexibility index (Phi) is 15.2. The molecule has 0 aromatic rings. The summed E-state index contributed by atoms with van der Waals surface area (Å²) >= 11 is 0. The zero-order chi connectivity index (χ0) is 5.54. The summed E-state index contributed by atoms with van der Waals surface area (Å²) in [7, 11) is 0. The average molecular weight is 236 g/mol. The minimum absolute atomic E-state index is 0. The maximum absolute atomic E-state index is 8.09. The molecule has 0 saturated carbocycles. The van der Waals surface area contributed by atoms with Gasteiger partial charge in [0, 0.05) is 0 Å². The molecule has 0 aliphatic rings. The Morgan fingerprint density at radius 1 is 1.00 bits per heavy atom. The van der Waals surface area contributed by atoms with Gasteiger partial charge >= 0.3 is 23.7 Å². The predicted molar refractivity (Wildman–Crippen MR) is 33.5 cm³/mol. The quantitative estimate of drug-likeness (QED) is 0.441. The van der Waals surface area contributed by atoms with Gasteiger partial charge in [0.15, 0.2) is 0 Å². The fraction of sp³-hybridized carbons (Fsp3) is 1.00. The molecule has 0 unspecified atom stereocenters. The molecule has 3 nitrogen and oxygen atoms in total. The zero-order valence-electron chi connectivity index (χ0n) is 4.63. The normalized spacial score (nSPS) is 8.25. The van der Waals surface area contributed by atoms with Crippen LogP contribution < -0.4 is 0 Å². The van der Waals surface area contributed by atoms with Crippen molar-refractivity contribution in [1.29, 1.82) is 0 Å². The molecule has 52 valence electrons. The molecule has 8 heavy (non-hydrogen) atoms. The van der Waals surface area contributed by atoms with Crippen LogP contribution in [0.15, 0.2) is 0 Å². The summed E-state index contributed by atoms with van der Waals surface area (Å²) < 4.78 is 4.63. The van der Waals surface area contributed by atoms with Crippen LogP contribution in [0.5, 0.6) is 0 Å². The van der Waals surface area contributed by atoms with Gasteiger partial charge in [-0.25, -0.2) is 0 Å². The standard InChI is InChI=1S/C4H10O3.H2Te/c5-1-3-7-4-2-6;/h5-6H,1-4H2;1H2. The topological polar surface area (TPSA) is 49.7 Å². The van der Waals surface area contributed by atoms with Gasteiger partial charge in [-0.1, -0.05) is 0 Å². The summed E-state index contributed by atoms with van der Waals surface area (Å²) in [5, 5.41) is 16.2. The maximum atomic E-state index is 8.09. The molecule has 0 spiro atoms. The number of rotatable bonds is 4. The van der Waals surface area contributed by atoms with Crippen molar-refractivity contribution in [2.24, 2.45) is 0 Å². The van der Waals surface area contributed by atoms with Crippen LogP contribution in [-0.2, 0) is 4.74 Å². The van der Waals surface area contributed by atoms with Gasteiger partial charge in [-0.3, -0.25) is 0 Å². The Hall–Kier alpha value is 0.670. The van der Waals surface area contributed by atoms with E-state index in [2.05, 4.69) is 4.74 Å². The van der Waals surface area contributed by atoms with Gasteiger partial charge in [0.1, 0.15) is 0 Å². The number of aliphatic hydroxyl groups excluding tert-OH is 2. The molecule has 0 fully saturated rings. The monoisotopic (exact) mass is 238 g/mol. The van der Waals surface area contributed by atoms with Crippen molar-refractivity contribution in [1.82, 2.24) is 0 Å². The van der Waals surface area contributed by atoms with Gasteiger partial charge in [0.05, 0.1) is 26.4 Å². The Labute approximate surface area is 65.4 Å². The molecule has 2 N–H and O–H groups in total. The molecule has 0 aliphatic heterocycles. The molecule has 4 heteroatoms. The SMILES string of the molecule is OCCOCCO.[TeH2]. The molecule has 0 amide bonds. The first-order valence-corrected chi connectivity index (χ1v) is 2.21. The van der Waals surface area contributed by atoms with E-state index >= 15 is 0 Å². The minimum atomic E-state index is 0. The Morgan fingerprint density at radius 2 is 1.38 bits per heavy atom. The van der Waals surface area contributed by atoms with E-state index in [1.807, 2.05) is 0 Å². The predicted octanol–water partition coefficient (Wildman–Crippen LogP) is -1.93. The van der Waals surface area contributed by atoms with Crippen molar-refractivity contribution in [2.45, 2.75) is 0 Å². The third-order valence-electron chi connectivity index (χ3n) is 0.471. The van der Waals surface area contributed by atoms with Crippen molar-refractivity contribution >= 4 is 23.7 Å². The van der Waals surface area contributed by atoms with Crippen LogP contribution in [0.25, 0.3) is 0 Å². The first-order chi connectivity index (χ1) is 3.41. The fourth-order valence-corrected chi connectivity index (χ4v) is 0.231. The van der Waals surface area contributed by atoms with Gasteiger partial charge < -0.3 is 14.9 Å². The molecule has 0 aromatic heterocycles. The van der Waals surface area contributed by atoms with Crippen LogP contribution in [0, 0.1) is 0 Å². The summed E-state index contributed by atoms with van der Waals surface area (Å²) in [6.45, 7) is 0.696. The van der Waals surface area contributed by atoms with Crippen LogP contribution >= 0.6 is 0 Å². The van der Waals surface area contributed by atoms with Crippen molar-refractivity contribution < 1.29 is 14.9 Å². The fourth-order valence-electron chi connectivity index (χ4n) is 0.231. The van der Waals surface area contributed by atoms with Crippen LogP contribution in [0.2, 0.25) is 0 Å². The van der Waals surface area contributed by atoms with E-state index < -0.39 is 0 Å². The van der Waals surface area contributed by atoms with Crippen molar-refractivity contribution in [3.05, 3.63) is 0 Å². The van der Waals surface area contributed by atoms with Gasteiger partial charge in [-0.05, 0) is 0 Å². The molecule has 0 saturated heterocycles. The molecule has 0 atom stereocenters. The van der Waals surface area contributed by atoms with E-state index in [-0.39, 0.29) is 36.9 Å². The zero-order valence-corrected chi connectivity index (χ0v) is 7.49. The van der Waals surface area contributed by atoms with Crippen LogP contribution in [0.1, 0.15) is 0 Å². The summed E-state index contributed by atoms with van der Waals surface area (Å²) in [5.41, 5.74) is 0. The van der Waals surface area contributed by atoms with E-state index in [9.17, 15) is 0 Å². The number of hydrogen-bond donors (Lipinski definition) is 2. The third kappa shape index (κ3) is 9.83. The van der Waals surface area contributed by atoms with E-state index in [4.69, 9.17) is 10.2 Å². The van der Waals surface area contributed by atoms with Crippen molar-refractivity contribution in [3.63, 3.8) is 0 Å². The second-order valence-corrected chi connectivity index (χ2v) is 1.06. The molecule has 0 radical (unpaired) electrons. The van der Waals surface area contributed by atoms with Gasteiger partial charge in [0.2, 0.25) is 0 Å². The van der Waals surface area contributed by atoms with Crippen molar-refractivity contribution in [3.8, 4) is 0 Å². The first kappa shape index (κ1) is 11.5. The van der Waals surface area contributed by atoms with Crippen LogP contribution in [0.4, 0.5) is 0 Å². The summed E-state index contributed by atoms with van der Waals surface area (Å²) in [6, 6.07) is 0. The molecular weight excluding hydrogens is 224 g/mol. The average Bonchev–Trinajstić information content (AvgIpc) is 1.69.